The van der Waals surface area contributed by atoms with Crippen molar-refractivity contribution in [2.24, 2.45) is 0 Å². The number of hydrogen-bond acceptors (Lipinski definition) is 4. The van der Waals surface area contributed by atoms with Crippen LogP contribution in [-0.2, 0) is 0 Å². The fourth-order valence-electron chi connectivity index (χ4n) is 1.83. The van der Waals surface area contributed by atoms with Gasteiger partial charge in [0.1, 0.15) is 0 Å². The molecule has 112 valence electrons. The molecule has 0 fully saturated rings. The van der Waals surface area contributed by atoms with Crippen LogP contribution in [-0.4, -0.2) is 56.1 Å². The van der Waals surface area contributed by atoms with Gasteiger partial charge >= 0.3 is 0 Å². The second-order valence-electron chi connectivity index (χ2n) is 4.53. The molecule has 0 radical (unpaired) electrons. The number of carbonyl (C=O) groups is 1. The number of aliphatic hydroxyl groups is 1. The van der Waals surface area contributed by atoms with Crippen LogP contribution >= 0.6 is 0 Å². The fraction of sp³-hybridized carbons (Fsp3) is 0.462. The van der Waals surface area contributed by atoms with Gasteiger partial charge in [0.15, 0.2) is 0 Å². The third kappa shape index (κ3) is 4.06. The zero-order valence-corrected chi connectivity index (χ0v) is 11.5. The summed E-state index contributed by atoms with van der Waals surface area (Å²) in [6.07, 6.45) is -2.54. The van der Waals surface area contributed by atoms with E-state index in [1.807, 2.05) is 0 Å². The molecule has 0 aromatic heterocycles. The van der Waals surface area contributed by atoms with Crippen LogP contribution in [0.5, 0.6) is 0 Å². The summed E-state index contributed by atoms with van der Waals surface area (Å²) >= 11 is 0. The summed E-state index contributed by atoms with van der Waals surface area (Å²) in [5.41, 5.74) is 6.83. The van der Waals surface area contributed by atoms with E-state index in [1.165, 1.54) is 28.0 Å². The number of rotatable bonds is 6. The molecule has 0 atom stereocenters. The lowest BCUT2D eigenvalue weighted by Gasteiger charge is -2.25. The van der Waals surface area contributed by atoms with Gasteiger partial charge in [-0.05, 0) is 18.2 Å². The molecule has 0 aliphatic carbocycles. The van der Waals surface area contributed by atoms with Gasteiger partial charge in [0, 0.05) is 26.2 Å². The van der Waals surface area contributed by atoms with Crippen LogP contribution in [0, 0.1) is 0 Å². The van der Waals surface area contributed by atoms with E-state index >= 15 is 0 Å². The summed E-state index contributed by atoms with van der Waals surface area (Å²) in [6, 6.07) is 4.50. The number of benzene rings is 1. The highest BCUT2D eigenvalue weighted by atomic mass is 19.3. The maximum atomic E-state index is 12.5. The number of hydrogen-bond donors (Lipinski definition) is 2. The molecule has 20 heavy (non-hydrogen) atoms. The van der Waals surface area contributed by atoms with Gasteiger partial charge < -0.3 is 20.6 Å². The monoisotopic (exact) mass is 287 g/mol. The fourth-order valence-corrected chi connectivity index (χ4v) is 1.83. The van der Waals surface area contributed by atoms with Crippen molar-refractivity contribution in [3.8, 4) is 0 Å². The van der Waals surface area contributed by atoms with E-state index in [2.05, 4.69) is 0 Å². The third-order valence-corrected chi connectivity index (χ3v) is 2.75. The van der Waals surface area contributed by atoms with E-state index in [9.17, 15) is 13.6 Å². The Balaban J connectivity index is 3.03. The Morgan fingerprint density at radius 3 is 2.50 bits per heavy atom. The van der Waals surface area contributed by atoms with Gasteiger partial charge in [0.25, 0.3) is 12.3 Å². The molecule has 0 aliphatic heterocycles. The number of aliphatic hydroxyl groups excluding tert-OH is 1. The minimum absolute atomic E-state index is 0.0511. The highest BCUT2D eigenvalue weighted by Gasteiger charge is 2.16. The molecule has 7 heteroatoms. The first kappa shape index (κ1) is 16.2. The Labute approximate surface area is 116 Å². The van der Waals surface area contributed by atoms with Gasteiger partial charge in [-0.2, -0.15) is 0 Å². The number of amides is 1. The SMILES string of the molecule is CN(C)C(=O)c1ccc(N(CCO)CC(F)F)c(N)c1. The molecular weight excluding hydrogens is 268 g/mol. The highest BCUT2D eigenvalue weighted by Crippen LogP contribution is 2.25. The molecule has 1 amide bonds. The zero-order chi connectivity index (χ0) is 15.3. The van der Waals surface area contributed by atoms with E-state index in [0.29, 0.717) is 11.3 Å². The average molecular weight is 287 g/mol. The van der Waals surface area contributed by atoms with E-state index in [4.69, 9.17) is 10.8 Å². The van der Waals surface area contributed by atoms with Crippen molar-refractivity contribution in [2.45, 2.75) is 6.43 Å². The molecule has 1 aromatic rings. The number of halogens is 2. The van der Waals surface area contributed by atoms with Crippen LogP contribution in [0.2, 0.25) is 0 Å². The normalized spacial score (nSPS) is 10.7. The summed E-state index contributed by atoms with van der Waals surface area (Å²) in [4.78, 5) is 14.5. The first-order valence-corrected chi connectivity index (χ1v) is 6.12. The Bertz CT molecular complexity index is 467. The summed E-state index contributed by atoms with van der Waals surface area (Å²) in [6.45, 7) is -0.730. The number of nitrogens with two attached hydrogens (primary N) is 1. The molecule has 0 unspecified atom stereocenters. The van der Waals surface area contributed by atoms with Gasteiger partial charge in [-0.25, -0.2) is 8.78 Å². The van der Waals surface area contributed by atoms with Crippen molar-refractivity contribution >= 4 is 17.3 Å². The topological polar surface area (TPSA) is 69.8 Å². The van der Waals surface area contributed by atoms with Crippen LogP contribution in [0.25, 0.3) is 0 Å². The smallest absolute Gasteiger partial charge is 0.255 e. The second-order valence-corrected chi connectivity index (χ2v) is 4.53. The van der Waals surface area contributed by atoms with E-state index in [0.717, 1.165) is 0 Å². The van der Waals surface area contributed by atoms with Crippen LogP contribution < -0.4 is 10.6 Å². The standard InChI is InChI=1S/C13H19F2N3O2/c1-17(2)13(20)9-3-4-11(10(16)7-9)18(5-6-19)8-12(14)15/h3-4,7,12,19H,5-6,8,16H2,1-2H3. The number of carbonyl (C=O) groups excluding carboxylic acids is 1. The van der Waals surface area contributed by atoms with Crippen molar-refractivity contribution in [1.82, 2.24) is 4.90 Å². The molecule has 3 N–H and O–H groups in total. The van der Waals surface area contributed by atoms with E-state index < -0.39 is 13.0 Å². The minimum atomic E-state index is -2.54. The Kier molecular flexibility index (Phi) is 5.69. The molecule has 0 saturated carbocycles. The summed E-state index contributed by atoms with van der Waals surface area (Å²) in [5, 5.41) is 8.93. The Morgan fingerprint density at radius 2 is 2.05 bits per heavy atom. The molecule has 5 nitrogen and oxygen atoms in total. The third-order valence-electron chi connectivity index (χ3n) is 2.75. The number of alkyl halides is 2. The largest absolute Gasteiger partial charge is 0.397 e. The molecule has 0 saturated heterocycles. The molecular formula is C13H19F2N3O2. The first-order chi connectivity index (χ1) is 9.36. The van der Waals surface area contributed by atoms with Gasteiger partial charge in [-0.1, -0.05) is 0 Å². The van der Waals surface area contributed by atoms with Crippen LogP contribution in [0.3, 0.4) is 0 Å². The lowest BCUT2D eigenvalue weighted by Crippen LogP contribution is -2.32. The maximum Gasteiger partial charge on any atom is 0.255 e. The van der Waals surface area contributed by atoms with Gasteiger partial charge in [0.05, 0.1) is 24.5 Å². The van der Waals surface area contributed by atoms with E-state index in [-0.39, 0.29) is 24.7 Å². The van der Waals surface area contributed by atoms with Crippen molar-refractivity contribution in [1.29, 1.82) is 0 Å². The minimum Gasteiger partial charge on any atom is -0.397 e. The lowest BCUT2D eigenvalue weighted by atomic mass is 10.1. The van der Waals surface area contributed by atoms with Crippen molar-refractivity contribution in [2.75, 3.05) is 44.4 Å². The molecule has 1 aromatic carbocycles. The van der Waals surface area contributed by atoms with E-state index in [1.54, 1.807) is 14.1 Å². The molecule has 0 bridgehead atoms. The summed E-state index contributed by atoms with van der Waals surface area (Å²) in [7, 11) is 3.22. The summed E-state index contributed by atoms with van der Waals surface area (Å²) in [5.74, 6) is -0.217. The van der Waals surface area contributed by atoms with Crippen molar-refractivity contribution in [3.05, 3.63) is 23.8 Å². The van der Waals surface area contributed by atoms with Gasteiger partial charge in [-0.15, -0.1) is 0 Å². The zero-order valence-electron chi connectivity index (χ0n) is 11.5. The van der Waals surface area contributed by atoms with Crippen LogP contribution in [0.15, 0.2) is 18.2 Å². The van der Waals surface area contributed by atoms with Crippen LogP contribution in [0.4, 0.5) is 20.2 Å². The average Bonchev–Trinajstić information content (AvgIpc) is 2.36. The van der Waals surface area contributed by atoms with Crippen LogP contribution in [0.1, 0.15) is 10.4 Å². The molecule has 0 heterocycles. The number of nitrogens with zero attached hydrogens (tertiary/aromatic N) is 2. The number of anilines is 2. The van der Waals surface area contributed by atoms with Gasteiger partial charge in [0.2, 0.25) is 0 Å². The Morgan fingerprint density at radius 1 is 1.40 bits per heavy atom. The first-order valence-electron chi connectivity index (χ1n) is 6.12. The molecule has 0 spiro atoms. The molecule has 0 aliphatic rings. The molecule has 1 rings (SSSR count). The second kappa shape index (κ2) is 7.04. The number of nitrogen functional groups attached to an aromatic ring is 1. The van der Waals surface area contributed by atoms with Crippen molar-refractivity contribution in [3.63, 3.8) is 0 Å². The Hall–Kier alpha value is -1.89. The highest BCUT2D eigenvalue weighted by molar-refractivity contribution is 5.95. The van der Waals surface area contributed by atoms with Crippen molar-refractivity contribution < 1.29 is 18.7 Å². The predicted octanol–water partition coefficient (Wildman–Crippen LogP) is 1.03. The summed E-state index contributed by atoms with van der Waals surface area (Å²) < 4.78 is 25.0. The lowest BCUT2D eigenvalue weighted by molar-refractivity contribution is 0.0827. The quantitative estimate of drug-likeness (QED) is 0.767. The predicted molar refractivity (Wildman–Crippen MR) is 74.2 cm³/mol. The van der Waals surface area contributed by atoms with Gasteiger partial charge in [-0.3, -0.25) is 4.79 Å². The maximum absolute atomic E-state index is 12.5.